The zero-order valence-corrected chi connectivity index (χ0v) is 12.2. The Hall–Kier alpha value is -0.900. The molecule has 1 aromatic heterocycles. The van der Waals surface area contributed by atoms with Crippen molar-refractivity contribution in [2.75, 3.05) is 6.54 Å². The van der Waals surface area contributed by atoms with Gasteiger partial charge in [-0.2, -0.15) is 0 Å². The zero-order valence-electron chi connectivity index (χ0n) is 10.6. The minimum Gasteiger partial charge on any atom is -0.310 e. The van der Waals surface area contributed by atoms with Gasteiger partial charge in [0.2, 0.25) is 0 Å². The molecule has 4 heteroatoms. The van der Waals surface area contributed by atoms with Crippen molar-refractivity contribution in [3.63, 3.8) is 0 Å². The Kier molecular flexibility index (Phi) is 4.75. The van der Waals surface area contributed by atoms with Crippen LogP contribution in [-0.2, 0) is 6.42 Å². The van der Waals surface area contributed by atoms with Crippen LogP contribution in [0.15, 0.2) is 29.8 Å². The molecule has 0 saturated carbocycles. The lowest BCUT2D eigenvalue weighted by molar-refractivity contribution is 0.578. The number of nitrogens with one attached hydrogen (secondary N) is 1. The van der Waals surface area contributed by atoms with Gasteiger partial charge < -0.3 is 5.32 Å². The predicted octanol–water partition coefficient (Wildman–Crippen LogP) is 4.00. The van der Waals surface area contributed by atoms with Gasteiger partial charge in [0.25, 0.3) is 0 Å². The van der Waals surface area contributed by atoms with Gasteiger partial charge in [0.15, 0.2) is 0 Å². The summed E-state index contributed by atoms with van der Waals surface area (Å²) < 4.78 is 0. The molecule has 0 spiro atoms. The van der Waals surface area contributed by atoms with Crippen molar-refractivity contribution >= 4 is 22.9 Å². The molecule has 2 nitrogen and oxygen atoms in total. The second-order valence-corrected chi connectivity index (χ2v) is 5.71. The summed E-state index contributed by atoms with van der Waals surface area (Å²) in [6.07, 6.45) is 1.04. The molecule has 0 saturated heterocycles. The van der Waals surface area contributed by atoms with Crippen LogP contribution < -0.4 is 5.32 Å². The maximum Gasteiger partial charge on any atom is 0.0797 e. The lowest BCUT2D eigenvalue weighted by atomic mass is 10.1. The van der Waals surface area contributed by atoms with Crippen molar-refractivity contribution in [3.8, 4) is 0 Å². The minimum atomic E-state index is 0.343. The molecule has 1 heterocycles. The first-order chi connectivity index (χ1) is 8.66. The highest BCUT2D eigenvalue weighted by atomic mass is 35.5. The third-order valence-corrected chi connectivity index (χ3v) is 4.26. The maximum absolute atomic E-state index is 5.88. The molecule has 2 aromatic rings. The monoisotopic (exact) mass is 280 g/mol. The summed E-state index contributed by atoms with van der Waals surface area (Å²) in [6, 6.07) is 8.34. The molecule has 0 fully saturated rings. The van der Waals surface area contributed by atoms with Gasteiger partial charge in [-0.3, -0.25) is 0 Å². The first kappa shape index (κ1) is 13.5. The van der Waals surface area contributed by atoms with Crippen molar-refractivity contribution in [1.29, 1.82) is 0 Å². The number of aryl methyl sites for hydroxylation is 1. The maximum atomic E-state index is 5.88. The molecule has 96 valence electrons. The zero-order chi connectivity index (χ0) is 13.0. The van der Waals surface area contributed by atoms with Crippen molar-refractivity contribution in [2.45, 2.75) is 26.3 Å². The summed E-state index contributed by atoms with van der Waals surface area (Å²) in [4.78, 5) is 5.62. The van der Waals surface area contributed by atoms with E-state index in [1.165, 1.54) is 10.4 Å². The van der Waals surface area contributed by atoms with E-state index in [1.54, 1.807) is 11.3 Å². The van der Waals surface area contributed by atoms with Gasteiger partial charge in [-0.25, -0.2) is 4.98 Å². The number of thiazole rings is 1. The van der Waals surface area contributed by atoms with Crippen LogP contribution in [0.5, 0.6) is 0 Å². The molecule has 0 bridgehead atoms. The lowest BCUT2D eigenvalue weighted by Crippen LogP contribution is -2.21. The van der Waals surface area contributed by atoms with Crippen LogP contribution in [0.25, 0.3) is 0 Å². The minimum absolute atomic E-state index is 0.343. The van der Waals surface area contributed by atoms with Gasteiger partial charge in [0, 0.05) is 22.5 Å². The largest absolute Gasteiger partial charge is 0.310 e. The van der Waals surface area contributed by atoms with Crippen LogP contribution in [0.1, 0.15) is 29.1 Å². The van der Waals surface area contributed by atoms with Crippen molar-refractivity contribution < 1.29 is 0 Å². The van der Waals surface area contributed by atoms with E-state index >= 15 is 0 Å². The molecule has 0 aliphatic heterocycles. The van der Waals surface area contributed by atoms with Crippen LogP contribution in [0.3, 0.4) is 0 Å². The van der Waals surface area contributed by atoms with Gasteiger partial charge in [-0.1, -0.05) is 23.7 Å². The Labute approximate surface area is 117 Å². The lowest BCUT2D eigenvalue weighted by Gasteiger charge is -2.14. The third-order valence-electron chi connectivity index (χ3n) is 3.02. The van der Waals surface area contributed by atoms with Crippen molar-refractivity contribution in [3.05, 3.63) is 50.9 Å². The van der Waals surface area contributed by atoms with E-state index in [0.29, 0.717) is 6.04 Å². The van der Waals surface area contributed by atoms with Crippen LogP contribution in [-0.4, -0.2) is 11.5 Å². The number of rotatable bonds is 5. The summed E-state index contributed by atoms with van der Waals surface area (Å²) >= 11 is 7.61. The number of nitrogens with zero attached hydrogens (tertiary/aromatic N) is 1. The molecule has 1 unspecified atom stereocenters. The summed E-state index contributed by atoms with van der Waals surface area (Å²) in [5.41, 5.74) is 4.33. The van der Waals surface area contributed by atoms with Gasteiger partial charge in [-0.05, 0) is 38.0 Å². The van der Waals surface area contributed by atoms with E-state index in [4.69, 9.17) is 11.6 Å². The topological polar surface area (TPSA) is 24.9 Å². The Morgan fingerprint density at radius 1 is 1.33 bits per heavy atom. The molecule has 0 radical (unpaired) electrons. The molecule has 2 rings (SSSR count). The Bertz CT molecular complexity index is 493. The van der Waals surface area contributed by atoms with Gasteiger partial charge in [0.05, 0.1) is 11.2 Å². The highest BCUT2D eigenvalue weighted by molar-refractivity contribution is 7.09. The highest BCUT2D eigenvalue weighted by Gasteiger charge is 2.05. The summed E-state index contributed by atoms with van der Waals surface area (Å²) in [5.74, 6) is 0. The molecular weight excluding hydrogens is 264 g/mol. The average Bonchev–Trinajstić information content (AvgIpc) is 2.76. The Morgan fingerprint density at radius 3 is 2.67 bits per heavy atom. The van der Waals surface area contributed by atoms with Crippen molar-refractivity contribution in [1.82, 2.24) is 10.3 Å². The third kappa shape index (κ3) is 3.55. The van der Waals surface area contributed by atoms with Crippen LogP contribution in [0, 0.1) is 6.92 Å². The predicted molar refractivity (Wildman–Crippen MR) is 78.4 cm³/mol. The van der Waals surface area contributed by atoms with Gasteiger partial charge >= 0.3 is 0 Å². The second kappa shape index (κ2) is 6.32. The molecule has 18 heavy (non-hydrogen) atoms. The second-order valence-electron chi connectivity index (χ2n) is 4.34. The van der Waals surface area contributed by atoms with Crippen molar-refractivity contribution in [2.24, 2.45) is 0 Å². The quantitative estimate of drug-likeness (QED) is 0.895. The molecule has 0 amide bonds. The van der Waals surface area contributed by atoms with Gasteiger partial charge in [0.1, 0.15) is 0 Å². The van der Waals surface area contributed by atoms with E-state index < -0.39 is 0 Å². The molecule has 1 atom stereocenters. The normalized spacial score (nSPS) is 12.6. The van der Waals surface area contributed by atoms with E-state index in [9.17, 15) is 0 Å². The average molecular weight is 281 g/mol. The fourth-order valence-electron chi connectivity index (χ4n) is 1.84. The summed E-state index contributed by atoms with van der Waals surface area (Å²) in [6.45, 7) is 5.20. The number of hydrogen-bond donors (Lipinski definition) is 1. The van der Waals surface area contributed by atoms with E-state index in [-0.39, 0.29) is 0 Å². The fourth-order valence-corrected chi connectivity index (χ4v) is 2.74. The SMILES string of the molecule is Cc1ncsc1CCNC(C)c1ccc(Cl)cc1. The molecule has 0 aliphatic carbocycles. The molecular formula is C14H17ClN2S. The smallest absolute Gasteiger partial charge is 0.0797 e. The molecule has 0 aliphatic rings. The highest BCUT2D eigenvalue weighted by Crippen LogP contribution is 2.17. The van der Waals surface area contributed by atoms with E-state index in [2.05, 4.69) is 36.3 Å². The van der Waals surface area contributed by atoms with Crippen LogP contribution >= 0.6 is 22.9 Å². The first-order valence-corrected chi connectivity index (χ1v) is 7.30. The first-order valence-electron chi connectivity index (χ1n) is 6.04. The summed E-state index contributed by atoms with van der Waals surface area (Å²) in [7, 11) is 0. The number of benzene rings is 1. The molecule has 1 N–H and O–H groups in total. The summed E-state index contributed by atoms with van der Waals surface area (Å²) in [5, 5.41) is 4.30. The Balaban J connectivity index is 1.83. The Morgan fingerprint density at radius 2 is 2.06 bits per heavy atom. The van der Waals surface area contributed by atoms with Gasteiger partial charge in [-0.15, -0.1) is 11.3 Å². The number of aromatic nitrogens is 1. The van der Waals surface area contributed by atoms with E-state index in [1.807, 2.05) is 17.6 Å². The number of halogens is 1. The molecule has 1 aromatic carbocycles. The van der Waals surface area contributed by atoms with E-state index in [0.717, 1.165) is 23.7 Å². The van der Waals surface area contributed by atoms with Crippen LogP contribution in [0.4, 0.5) is 0 Å². The number of hydrogen-bond acceptors (Lipinski definition) is 3. The van der Waals surface area contributed by atoms with Crippen LogP contribution in [0.2, 0.25) is 5.02 Å². The standard InChI is InChI=1S/C14H17ClN2S/c1-10(12-3-5-13(15)6-4-12)16-8-7-14-11(2)17-9-18-14/h3-6,9-10,16H,7-8H2,1-2H3. The fraction of sp³-hybridized carbons (Fsp3) is 0.357.